The van der Waals surface area contributed by atoms with E-state index in [9.17, 15) is 22.4 Å². The average molecular weight is 340 g/mol. The van der Waals surface area contributed by atoms with Crippen LogP contribution in [0.15, 0.2) is 30.6 Å². The van der Waals surface area contributed by atoms with Crippen molar-refractivity contribution in [1.82, 2.24) is 14.9 Å². The summed E-state index contributed by atoms with van der Waals surface area (Å²) in [5, 5.41) is 0. The van der Waals surface area contributed by atoms with E-state index in [1.807, 2.05) is 0 Å². The van der Waals surface area contributed by atoms with Gasteiger partial charge in [-0.2, -0.15) is 13.2 Å². The predicted octanol–water partition coefficient (Wildman–Crippen LogP) is 3.17. The van der Waals surface area contributed by atoms with Gasteiger partial charge in [0.1, 0.15) is 5.82 Å². The van der Waals surface area contributed by atoms with Crippen LogP contribution in [-0.2, 0) is 6.18 Å². The van der Waals surface area contributed by atoms with Crippen molar-refractivity contribution in [3.63, 3.8) is 0 Å². The van der Waals surface area contributed by atoms with E-state index in [1.165, 1.54) is 30.3 Å². The van der Waals surface area contributed by atoms with E-state index in [4.69, 9.17) is 0 Å². The van der Waals surface area contributed by atoms with Gasteiger partial charge in [-0.1, -0.05) is 0 Å². The first-order valence-corrected chi connectivity index (χ1v) is 6.99. The topological polar surface area (TPSA) is 49.3 Å². The number of carbonyl (C=O) groups is 1. The zero-order chi connectivity index (χ0) is 17.5. The van der Waals surface area contributed by atoms with E-state index in [1.54, 1.807) is 0 Å². The maximum Gasteiger partial charge on any atom is 0.435 e. The van der Waals surface area contributed by atoms with Crippen molar-refractivity contribution in [2.24, 2.45) is 0 Å². The van der Waals surface area contributed by atoms with E-state index in [2.05, 4.69) is 9.97 Å². The van der Waals surface area contributed by atoms with Gasteiger partial charge in [0.15, 0.2) is 5.69 Å². The Hall–Kier alpha value is -2.71. The maximum atomic E-state index is 13.4. The normalized spacial score (nSPS) is 15.3. The summed E-state index contributed by atoms with van der Waals surface area (Å²) in [5.41, 5.74) is -1.45. The number of alkyl halides is 3. The van der Waals surface area contributed by atoms with Crippen LogP contribution in [0.3, 0.4) is 0 Å². The highest BCUT2D eigenvalue weighted by atomic mass is 19.4. The summed E-state index contributed by atoms with van der Waals surface area (Å²) in [4.78, 5) is 21.6. The van der Waals surface area contributed by atoms with Gasteiger partial charge in [0.2, 0.25) is 0 Å². The molecule has 1 saturated heterocycles. The Bertz CT molecular complexity index is 793. The predicted molar refractivity (Wildman–Crippen MR) is 77.8 cm³/mol. The molecule has 0 N–H and O–H groups in total. The highest BCUT2D eigenvalue weighted by Crippen LogP contribution is 2.37. The molecule has 0 aliphatic carbocycles. The number of urea groups is 1. The molecule has 1 aliphatic heterocycles. The third-order valence-corrected chi connectivity index (χ3v) is 3.65. The molecule has 1 fully saturated rings. The highest BCUT2D eigenvalue weighted by Gasteiger charge is 2.40. The molecular weight excluding hydrogens is 328 g/mol. The van der Waals surface area contributed by atoms with E-state index >= 15 is 0 Å². The molecule has 0 aromatic carbocycles. The second kappa shape index (κ2) is 5.73. The van der Waals surface area contributed by atoms with Gasteiger partial charge < -0.3 is 4.90 Å². The molecule has 5 nitrogen and oxygen atoms in total. The second-order valence-electron chi connectivity index (χ2n) is 5.31. The van der Waals surface area contributed by atoms with Gasteiger partial charge in [-0.25, -0.2) is 14.2 Å². The monoisotopic (exact) mass is 340 g/mol. The highest BCUT2D eigenvalue weighted by molar-refractivity contribution is 5.94. The quantitative estimate of drug-likeness (QED) is 0.789. The summed E-state index contributed by atoms with van der Waals surface area (Å²) in [6.45, 7) is 0.465. The van der Waals surface area contributed by atoms with Crippen LogP contribution in [0.25, 0.3) is 11.3 Å². The first-order valence-electron chi connectivity index (χ1n) is 6.99. The number of rotatable bonds is 2. The minimum Gasteiger partial charge on any atom is -0.326 e. The summed E-state index contributed by atoms with van der Waals surface area (Å²) in [7, 11) is 1.51. The fourth-order valence-electron chi connectivity index (χ4n) is 2.46. The van der Waals surface area contributed by atoms with Crippen LogP contribution in [0.1, 0.15) is 5.69 Å². The average Bonchev–Trinajstić information content (AvgIpc) is 2.85. The Balaban J connectivity index is 2.10. The number of aromatic nitrogens is 2. The molecule has 0 saturated carbocycles. The van der Waals surface area contributed by atoms with Crippen molar-refractivity contribution in [2.45, 2.75) is 6.18 Å². The Kier molecular flexibility index (Phi) is 3.86. The Morgan fingerprint density at radius 1 is 1.17 bits per heavy atom. The molecule has 3 heterocycles. The van der Waals surface area contributed by atoms with Crippen LogP contribution in [0.2, 0.25) is 0 Å². The van der Waals surface area contributed by atoms with Crippen LogP contribution in [0.5, 0.6) is 0 Å². The molecule has 2 amide bonds. The summed E-state index contributed by atoms with van der Waals surface area (Å²) < 4.78 is 53.4. The number of nitrogens with zero attached hydrogens (tertiary/aromatic N) is 4. The van der Waals surface area contributed by atoms with E-state index in [0.717, 1.165) is 17.2 Å². The van der Waals surface area contributed by atoms with Gasteiger partial charge in [0, 0.05) is 31.9 Å². The van der Waals surface area contributed by atoms with Crippen molar-refractivity contribution in [3.8, 4) is 11.3 Å². The summed E-state index contributed by atoms with van der Waals surface area (Å²) in [5.74, 6) is -0.678. The Morgan fingerprint density at radius 3 is 2.50 bits per heavy atom. The molecule has 0 spiro atoms. The lowest BCUT2D eigenvalue weighted by atomic mass is 10.1. The van der Waals surface area contributed by atoms with Crippen molar-refractivity contribution in [3.05, 3.63) is 42.1 Å². The molecule has 0 bridgehead atoms. The lowest BCUT2D eigenvalue weighted by Gasteiger charge is -2.21. The Labute approximate surface area is 134 Å². The van der Waals surface area contributed by atoms with Gasteiger partial charge >= 0.3 is 12.2 Å². The summed E-state index contributed by atoms with van der Waals surface area (Å²) >= 11 is 0. The van der Waals surface area contributed by atoms with Gasteiger partial charge in [-0.05, 0) is 18.2 Å². The number of halogens is 4. The minimum absolute atomic E-state index is 0.0712. The molecule has 0 unspecified atom stereocenters. The molecule has 0 atom stereocenters. The standard InChI is InChI=1S/C15H12F4N4O/c1-22-4-5-23(14(22)24)12-3-2-11(21-13(12)15(17,18)19)9-6-10(16)8-20-7-9/h2-3,6-8H,4-5H2,1H3. The van der Waals surface area contributed by atoms with Crippen molar-refractivity contribution in [2.75, 3.05) is 25.0 Å². The molecular formula is C15H12F4N4O. The number of hydrogen-bond donors (Lipinski definition) is 0. The van der Waals surface area contributed by atoms with Crippen LogP contribution in [-0.4, -0.2) is 41.0 Å². The number of hydrogen-bond acceptors (Lipinski definition) is 3. The lowest BCUT2D eigenvalue weighted by Crippen LogP contribution is -2.31. The van der Waals surface area contributed by atoms with Crippen molar-refractivity contribution >= 4 is 11.7 Å². The van der Waals surface area contributed by atoms with Gasteiger partial charge in [-0.3, -0.25) is 9.88 Å². The van der Waals surface area contributed by atoms with Crippen LogP contribution < -0.4 is 4.90 Å². The lowest BCUT2D eigenvalue weighted by molar-refractivity contribution is -0.140. The molecule has 2 aromatic rings. The van der Waals surface area contributed by atoms with Crippen molar-refractivity contribution < 1.29 is 22.4 Å². The maximum absolute atomic E-state index is 13.4. The fraction of sp³-hybridized carbons (Fsp3) is 0.267. The number of carbonyl (C=O) groups excluding carboxylic acids is 1. The fourth-order valence-corrected chi connectivity index (χ4v) is 2.46. The molecule has 24 heavy (non-hydrogen) atoms. The van der Waals surface area contributed by atoms with Gasteiger partial charge in [0.25, 0.3) is 0 Å². The molecule has 2 aromatic heterocycles. The molecule has 0 radical (unpaired) electrons. The number of pyridine rings is 2. The van der Waals surface area contributed by atoms with Crippen molar-refractivity contribution in [1.29, 1.82) is 0 Å². The van der Waals surface area contributed by atoms with Gasteiger partial charge in [-0.15, -0.1) is 0 Å². The first-order chi connectivity index (χ1) is 11.3. The molecule has 9 heteroatoms. The number of amides is 2. The van der Waals surface area contributed by atoms with E-state index in [0.29, 0.717) is 6.54 Å². The number of likely N-dealkylation sites (N-methyl/N-ethyl adjacent to an activating group) is 1. The largest absolute Gasteiger partial charge is 0.435 e. The van der Waals surface area contributed by atoms with Crippen LogP contribution in [0.4, 0.5) is 28.0 Å². The third kappa shape index (κ3) is 2.89. The second-order valence-corrected chi connectivity index (χ2v) is 5.31. The SMILES string of the molecule is CN1CCN(c2ccc(-c3cncc(F)c3)nc2C(F)(F)F)C1=O. The van der Waals surface area contributed by atoms with Gasteiger partial charge in [0.05, 0.1) is 17.6 Å². The van der Waals surface area contributed by atoms with Crippen LogP contribution in [0, 0.1) is 5.82 Å². The smallest absolute Gasteiger partial charge is 0.326 e. The summed E-state index contributed by atoms with van der Waals surface area (Å²) in [6, 6.07) is 3.01. The third-order valence-electron chi connectivity index (χ3n) is 3.65. The van der Waals surface area contributed by atoms with Crippen LogP contribution >= 0.6 is 0 Å². The zero-order valence-electron chi connectivity index (χ0n) is 12.5. The number of anilines is 1. The first kappa shape index (κ1) is 16.2. The Morgan fingerprint density at radius 2 is 1.92 bits per heavy atom. The zero-order valence-corrected chi connectivity index (χ0v) is 12.5. The molecule has 3 rings (SSSR count). The van der Waals surface area contributed by atoms with E-state index in [-0.39, 0.29) is 23.5 Å². The minimum atomic E-state index is -4.76. The van der Waals surface area contributed by atoms with E-state index < -0.39 is 23.7 Å². The molecule has 126 valence electrons. The molecule has 1 aliphatic rings. The summed E-state index contributed by atoms with van der Waals surface area (Å²) in [6.07, 6.45) is -2.59.